The van der Waals surface area contributed by atoms with E-state index in [9.17, 15) is 14.4 Å². The van der Waals surface area contributed by atoms with Crippen molar-refractivity contribution in [1.29, 1.82) is 0 Å². The van der Waals surface area contributed by atoms with E-state index in [2.05, 4.69) is 60.9 Å². The Kier molecular flexibility index (Phi) is 7.33. The first-order chi connectivity index (χ1) is 19.6. The highest BCUT2D eigenvalue weighted by Gasteiger charge is 2.38. The zero-order valence-electron chi connectivity index (χ0n) is 22.6. The molecule has 12 heteroatoms. The Bertz CT molecular complexity index is 1690. The van der Waals surface area contributed by atoms with Gasteiger partial charge >= 0.3 is 5.63 Å². The molecule has 4 heterocycles. The second-order valence-corrected chi connectivity index (χ2v) is 12.7. The molecule has 0 radical (unpaired) electrons. The average Bonchev–Trinajstić information content (AvgIpc) is 3.60. The van der Waals surface area contributed by atoms with Crippen LogP contribution >= 0.6 is 31.9 Å². The number of halogens is 2. The van der Waals surface area contributed by atoms with Crippen molar-refractivity contribution in [3.63, 3.8) is 0 Å². The van der Waals surface area contributed by atoms with Crippen LogP contribution in [0.3, 0.4) is 0 Å². The minimum atomic E-state index is -0.635. The number of carbonyl (C=O) groups is 2. The highest BCUT2D eigenvalue weighted by molar-refractivity contribution is 9.10. The van der Waals surface area contributed by atoms with Gasteiger partial charge in [-0.25, -0.2) is 9.48 Å². The minimum Gasteiger partial charge on any atom is -0.422 e. The Balaban J connectivity index is 1.12. The lowest BCUT2D eigenvalue weighted by Gasteiger charge is -2.43. The standard InChI is InChI=1S/C29H28Br2N6O4/c1-29(2,25-17-37(33-32-25)23-9-10-36(27(23)39)21-6-3-19(30)4-7-21)35-13-11-34(12-14-35)26(38)22-16-18-15-20(31)5-8-24(18)41-28(22)40/h3-8,15-17,23H,9-14H2,1-2H3. The lowest BCUT2D eigenvalue weighted by Crippen LogP contribution is -2.55. The van der Waals surface area contributed by atoms with Gasteiger partial charge in [-0.05, 0) is 68.8 Å². The van der Waals surface area contributed by atoms with E-state index in [1.165, 1.54) is 0 Å². The zero-order chi connectivity index (χ0) is 28.9. The number of hydrogen-bond donors (Lipinski definition) is 0. The van der Waals surface area contributed by atoms with Crippen LogP contribution in [0.5, 0.6) is 0 Å². The molecule has 1 unspecified atom stereocenters. The normalized spacial score (nSPS) is 18.4. The quantitative estimate of drug-likeness (QED) is 0.284. The number of carbonyl (C=O) groups excluding carboxylic acids is 2. The average molecular weight is 684 g/mol. The van der Waals surface area contributed by atoms with E-state index in [0.29, 0.717) is 50.1 Å². The lowest BCUT2D eigenvalue weighted by atomic mass is 9.97. The summed E-state index contributed by atoms with van der Waals surface area (Å²) in [5.41, 5.74) is 0.981. The summed E-state index contributed by atoms with van der Waals surface area (Å²) in [6.45, 7) is 6.85. The molecule has 4 aromatic rings. The summed E-state index contributed by atoms with van der Waals surface area (Å²) in [6, 6.07) is 14.2. The number of aromatic nitrogens is 3. The number of benzene rings is 2. The van der Waals surface area contributed by atoms with Crippen LogP contribution in [0.2, 0.25) is 0 Å². The second-order valence-electron chi connectivity index (χ2n) is 10.8. The molecule has 2 aromatic carbocycles. The summed E-state index contributed by atoms with van der Waals surface area (Å²) in [5, 5.41) is 9.49. The summed E-state index contributed by atoms with van der Waals surface area (Å²) in [5.74, 6) is -0.335. The highest BCUT2D eigenvalue weighted by Crippen LogP contribution is 2.32. The number of fused-ring (bicyclic) bond motifs is 1. The summed E-state index contributed by atoms with van der Waals surface area (Å²) in [4.78, 5) is 44.8. The van der Waals surface area contributed by atoms with E-state index < -0.39 is 17.2 Å². The number of piperazine rings is 1. The van der Waals surface area contributed by atoms with Gasteiger partial charge in [-0.1, -0.05) is 37.1 Å². The van der Waals surface area contributed by atoms with Crippen molar-refractivity contribution in [3.05, 3.63) is 85.4 Å². The molecule has 2 aliphatic heterocycles. The van der Waals surface area contributed by atoms with E-state index in [-0.39, 0.29) is 17.4 Å². The van der Waals surface area contributed by atoms with Crippen molar-refractivity contribution in [2.24, 2.45) is 0 Å². The highest BCUT2D eigenvalue weighted by atomic mass is 79.9. The third-order valence-electron chi connectivity index (χ3n) is 8.05. The predicted octanol–water partition coefficient (Wildman–Crippen LogP) is 4.58. The van der Waals surface area contributed by atoms with Crippen LogP contribution in [0.1, 0.15) is 42.4 Å². The second kappa shape index (κ2) is 10.8. The first-order valence-electron chi connectivity index (χ1n) is 13.4. The van der Waals surface area contributed by atoms with E-state index >= 15 is 0 Å². The number of nitrogens with zero attached hydrogens (tertiary/aromatic N) is 6. The van der Waals surface area contributed by atoms with Crippen LogP contribution in [0, 0.1) is 0 Å². The zero-order valence-corrected chi connectivity index (χ0v) is 25.8. The van der Waals surface area contributed by atoms with Gasteiger partial charge in [0.15, 0.2) is 0 Å². The molecule has 0 spiro atoms. The topological polar surface area (TPSA) is 105 Å². The van der Waals surface area contributed by atoms with Gasteiger partial charge in [0.25, 0.3) is 11.8 Å². The van der Waals surface area contributed by atoms with Crippen LogP contribution in [-0.2, 0) is 10.3 Å². The maximum atomic E-state index is 13.3. The molecule has 212 valence electrons. The smallest absolute Gasteiger partial charge is 0.349 e. The number of anilines is 1. The molecule has 1 atom stereocenters. The Morgan fingerprint density at radius 2 is 1.66 bits per heavy atom. The van der Waals surface area contributed by atoms with Crippen LogP contribution in [-0.4, -0.2) is 69.3 Å². The molecule has 2 aromatic heterocycles. The fraction of sp³-hybridized carbons (Fsp3) is 0.345. The van der Waals surface area contributed by atoms with Crippen LogP contribution in [0.4, 0.5) is 5.69 Å². The number of hydrogen-bond acceptors (Lipinski definition) is 7. The third kappa shape index (κ3) is 5.24. The van der Waals surface area contributed by atoms with Crippen molar-refractivity contribution in [2.75, 3.05) is 37.6 Å². The monoisotopic (exact) mass is 682 g/mol. The largest absolute Gasteiger partial charge is 0.422 e. The first-order valence-corrected chi connectivity index (χ1v) is 15.0. The molecule has 2 fully saturated rings. The van der Waals surface area contributed by atoms with E-state index in [1.54, 1.807) is 32.7 Å². The van der Waals surface area contributed by atoms with Crippen molar-refractivity contribution in [3.8, 4) is 0 Å². The Hall–Kier alpha value is -3.35. The lowest BCUT2D eigenvalue weighted by molar-refractivity contribution is -0.120. The van der Waals surface area contributed by atoms with Crippen molar-refractivity contribution >= 4 is 60.3 Å². The first kappa shape index (κ1) is 27.8. The van der Waals surface area contributed by atoms with Crippen LogP contribution < -0.4 is 10.5 Å². The molecule has 0 N–H and O–H groups in total. The molecule has 2 aliphatic rings. The van der Waals surface area contributed by atoms with Crippen LogP contribution in [0.15, 0.2) is 72.9 Å². The maximum Gasteiger partial charge on any atom is 0.349 e. The van der Waals surface area contributed by atoms with Crippen LogP contribution in [0.25, 0.3) is 11.0 Å². The van der Waals surface area contributed by atoms with Gasteiger partial charge in [-0.15, -0.1) is 5.10 Å². The molecular formula is C29H28Br2N6O4. The Labute approximate surface area is 253 Å². The fourth-order valence-electron chi connectivity index (χ4n) is 5.54. The summed E-state index contributed by atoms with van der Waals surface area (Å²) >= 11 is 6.86. The van der Waals surface area contributed by atoms with Gasteiger partial charge < -0.3 is 14.2 Å². The van der Waals surface area contributed by atoms with Gasteiger partial charge in [-0.3, -0.25) is 14.5 Å². The van der Waals surface area contributed by atoms with E-state index in [1.807, 2.05) is 36.5 Å². The summed E-state index contributed by atoms with van der Waals surface area (Å²) in [7, 11) is 0. The van der Waals surface area contributed by atoms with Crippen molar-refractivity contribution in [2.45, 2.75) is 31.8 Å². The summed E-state index contributed by atoms with van der Waals surface area (Å²) in [6.07, 6.45) is 2.52. The fourth-order valence-corrected chi connectivity index (χ4v) is 6.18. The molecule has 2 saturated heterocycles. The van der Waals surface area contributed by atoms with Gasteiger partial charge in [0, 0.05) is 52.7 Å². The minimum absolute atomic E-state index is 0.000712. The molecule has 0 saturated carbocycles. The molecule has 2 amide bonds. The Morgan fingerprint density at radius 3 is 2.39 bits per heavy atom. The van der Waals surface area contributed by atoms with E-state index in [4.69, 9.17) is 4.42 Å². The molecule has 6 rings (SSSR count). The Morgan fingerprint density at radius 1 is 0.951 bits per heavy atom. The number of amides is 2. The van der Waals surface area contributed by atoms with Gasteiger partial charge in [0.2, 0.25) is 0 Å². The SMILES string of the molecule is CC(C)(c1cn(C2CCN(c3ccc(Br)cc3)C2=O)nn1)N1CCN(C(=O)c2cc3cc(Br)ccc3oc2=O)CC1. The van der Waals surface area contributed by atoms with Gasteiger partial charge in [-0.2, -0.15) is 0 Å². The van der Waals surface area contributed by atoms with Crippen molar-refractivity contribution < 1.29 is 14.0 Å². The maximum absolute atomic E-state index is 13.3. The molecule has 0 aliphatic carbocycles. The van der Waals surface area contributed by atoms with Gasteiger partial charge in [0.1, 0.15) is 22.9 Å². The van der Waals surface area contributed by atoms with E-state index in [0.717, 1.165) is 20.3 Å². The molecule has 41 heavy (non-hydrogen) atoms. The molecule has 0 bridgehead atoms. The third-order valence-corrected chi connectivity index (χ3v) is 9.08. The summed E-state index contributed by atoms with van der Waals surface area (Å²) < 4.78 is 8.88. The molecule has 10 nitrogen and oxygen atoms in total. The predicted molar refractivity (Wildman–Crippen MR) is 161 cm³/mol. The number of rotatable bonds is 5. The van der Waals surface area contributed by atoms with Gasteiger partial charge in [0.05, 0.1) is 11.7 Å². The molecular weight excluding hydrogens is 656 g/mol. The van der Waals surface area contributed by atoms with Crippen molar-refractivity contribution in [1.82, 2.24) is 24.8 Å².